The Bertz CT molecular complexity index is 813. The van der Waals surface area contributed by atoms with E-state index >= 15 is 0 Å². The van der Waals surface area contributed by atoms with Gasteiger partial charge in [0.25, 0.3) is 5.91 Å². The number of aromatic nitrogens is 1. The van der Waals surface area contributed by atoms with Gasteiger partial charge in [-0.3, -0.25) is 4.79 Å². The fourth-order valence-corrected chi connectivity index (χ4v) is 2.62. The van der Waals surface area contributed by atoms with Gasteiger partial charge in [-0.1, -0.05) is 34.1 Å². The van der Waals surface area contributed by atoms with Gasteiger partial charge in [0.15, 0.2) is 0 Å². The summed E-state index contributed by atoms with van der Waals surface area (Å²) in [4.78, 5) is 15.3. The average molecular weight is 347 g/mol. The summed E-state index contributed by atoms with van der Waals surface area (Å²) >= 11 is 3.29. The molecule has 2 aromatic carbocycles. The van der Waals surface area contributed by atoms with E-state index in [0.717, 1.165) is 15.4 Å². The van der Waals surface area contributed by atoms with E-state index in [4.69, 9.17) is 0 Å². The molecule has 0 radical (unpaired) electrons. The zero-order valence-electron chi connectivity index (χ0n) is 11.0. The number of para-hydroxylation sites is 1. The molecule has 3 nitrogen and oxygen atoms in total. The number of amides is 1. The van der Waals surface area contributed by atoms with Gasteiger partial charge in [0.2, 0.25) is 0 Å². The third kappa shape index (κ3) is 2.83. The minimum absolute atomic E-state index is 0.142. The average Bonchev–Trinajstić information content (AvgIpc) is 2.92. The highest BCUT2D eigenvalue weighted by molar-refractivity contribution is 9.10. The van der Waals surface area contributed by atoms with Crippen LogP contribution in [0.1, 0.15) is 15.9 Å². The molecule has 106 valence electrons. The van der Waals surface area contributed by atoms with Gasteiger partial charge in [0, 0.05) is 33.7 Å². The van der Waals surface area contributed by atoms with Crippen molar-refractivity contribution in [3.8, 4) is 0 Å². The summed E-state index contributed by atoms with van der Waals surface area (Å²) in [5.74, 6) is -0.566. The van der Waals surface area contributed by atoms with Crippen molar-refractivity contribution in [2.75, 3.05) is 0 Å². The SMILES string of the molecule is O=C(NCc1cc(Br)ccc1F)c1c[nH]c2ccccc12. The van der Waals surface area contributed by atoms with Gasteiger partial charge in [0.05, 0.1) is 5.56 Å². The Morgan fingerprint density at radius 2 is 2.05 bits per heavy atom. The summed E-state index contributed by atoms with van der Waals surface area (Å²) in [6.07, 6.45) is 1.66. The van der Waals surface area contributed by atoms with Crippen LogP contribution in [0.3, 0.4) is 0 Å². The number of H-pyrrole nitrogens is 1. The number of nitrogens with one attached hydrogen (secondary N) is 2. The minimum Gasteiger partial charge on any atom is -0.360 e. The molecule has 0 bridgehead atoms. The zero-order valence-corrected chi connectivity index (χ0v) is 12.6. The molecule has 0 fully saturated rings. The first-order valence-corrected chi connectivity index (χ1v) is 7.22. The van der Waals surface area contributed by atoms with E-state index in [1.54, 1.807) is 18.3 Å². The lowest BCUT2D eigenvalue weighted by molar-refractivity contribution is 0.0952. The number of fused-ring (bicyclic) bond motifs is 1. The Morgan fingerprint density at radius 3 is 2.90 bits per heavy atom. The molecule has 1 aromatic heterocycles. The predicted molar refractivity (Wildman–Crippen MR) is 83.6 cm³/mol. The number of rotatable bonds is 3. The van der Waals surface area contributed by atoms with Crippen molar-refractivity contribution in [3.05, 3.63) is 70.1 Å². The van der Waals surface area contributed by atoms with Crippen molar-refractivity contribution in [3.63, 3.8) is 0 Å². The van der Waals surface area contributed by atoms with Crippen LogP contribution in [0.4, 0.5) is 4.39 Å². The first kappa shape index (κ1) is 13.8. The molecule has 0 unspecified atom stereocenters. The maximum Gasteiger partial charge on any atom is 0.253 e. The first-order chi connectivity index (χ1) is 10.1. The normalized spacial score (nSPS) is 10.8. The van der Waals surface area contributed by atoms with Crippen LogP contribution in [0.2, 0.25) is 0 Å². The zero-order chi connectivity index (χ0) is 14.8. The van der Waals surface area contributed by atoms with Crippen LogP contribution in [-0.4, -0.2) is 10.9 Å². The Hall–Kier alpha value is -2.14. The van der Waals surface area contributed by atoms with Crippen molar-refractivity contribution in [1.29, 1.82) is 0 Å². The molecule has 0 atom stereocenters. The number of aromatic amines is 1. The van der Waals surface area contributed by atoms with Gasteiger partial charge >= 0.3 is 0 Å². The molecule has 1 heterocycles. The van der Waals surface area contributed by atoms with Crippen molar-refractivity contribution < 1.29 is 9.18 Å². The second kappa shape index (κ2) is 5.69. The number of carbonyl (C=O) groups excluding carboxylic acids is 1. The van der Waals surface area contributed by atoms with Crippen LogP contribution in [0, 0.1) is 5.82 Å². The highest BCUT2D eigenvalue weighted by atomic mass is 79.9. The molecule has 0 aliphatic rings. The smallest absolute Gasteiger partial charge is 0.253 e. The molecule has 1 amide bonds. The van der Waals surface area contributed by atoms with Crippen molar-refractivity contribution in [1.82, 2.24) is 10.3 Å². The molecule has 0 saturated heterocycles. The number of hydrogen-bond donors (Lipinski definition) is 2. The Morgan fingerprint density at radius 1 is 1.24 bits per heavy atom. The Balaban J connectivity index is 1.79. The summed E-state index contributed by atoms with van der Waals surface area (Å²) in [6, 6.07) is 12.2. The maximum absolute atomic E-state index is 13.6. The van der Waals surface area contributed by atoms with E-state index in [9.17, 15) is 9.18 Å². The summed E-state index contributed by atoms with van der Waals surface area (Å²) in [5, 5.41) is 3.59. The summed E-state index contributed by atoms with van der Waals surface area (Å²) < 4.78 is 14.4. The highest BCUT2D eigenvalue weighted by Crippen LogP contribution is 2.18. The molecule has 0 aliphatic heterocycles. The maximum atomic E-state index is 13.6. The van der Waals surface area contributed by atoms with Crippen LogP contribution in [0.5, 0.6) is 0 Å². The number of halogens is 2. The fraction of sp³-hybridized carbons (Fsp3) is 0.0625. The minimum atomic E-state index is -0.336. The van der Waals surface area contributed by atoms with Gasteiger partial charge in [-0.2, -0.15) is 0 Å². The van der Waals surface area contributed by atoms with Crippen LogP contribution in [0.25, 0.3) is 10.9 Å². The van der Waals surface area contributed by atoms with Gasteiger partial charge in [-0.05, 0) is 24.3 Å². The van der Waals surface area contributed by atoms with Gasteiger partial charge in [-0.15, -0.1) is 0 Å². The highest BCUT2D eigenvalue weighted by Gasteiger charge is 2.12. The van der Waals surface area contributed by atoms with E-state index in [0.29, 0.717) is 11.1 Å². The Kier molecular flexibility index (Phi) is 3.75. The summed E-state index contributed by atoms with van der Waals surface area (Å²) in [7, 11) is 0. The molecule has 5 heteroatoms. The van der Waals surface area contributed by atoms with Gasteiger partial charge in [0.1, 0.15) is 5.82 Å². The van der Waals surface area contributed by atoms with Crippen molar-refractivity contribution in [2.24, 2.45) is 0 Å². The lowest BCUT2D eigenvalue weighted by Gasteiger charge is -2.06. The fourth-order valence-electron chi connectivity index (χ4n) is 2.21. The molecule has 3 aromatic rings. The third-order valence-corrected chi connectivity index (χ3v) is 3.77. The number of hydrogen-bond acceptors (Lipinski definition) is 1. The monoisotopic (exact) mass is 346 g/mol. The van der Waals surface area contributed by atoms with Crippen LogP contribution in [0.15, 0.2) is 53.1 Å². The predicted octanol–water partition coefficient (Wildman–Crippen LogP) is 4.00. The molecule has 21 heavy (non-hydrogen) atoms. The van der Waals surface area contributed by atoms with E-state index in [1.165, 1.54) is 6.07 Å². The molecular weight excluding hydrogens is 335 g/mol. The standard InChI is InChI=1S/C16H12BrFN2O/c17-11-5-6-14(18)10(7-11)8-20-16(21)13-9-19-15-4-2-1-3-12(13)15/h1-7,9,19H,8H2,(H,20,21). The third-order valence-electron chi connectivity index (χ3n) is 3.28. The number of benzene rings is 2. The van der Waals surface area contributed by atoms with Crippen LogP contribution < -0.4 is 5.32 Å². The van der Waals surface area contributed by atoms with Gasteiger partial charge in [-0.25, -0.2) is 4.39 Å². The largest absolute Gasteiger partial charge is 0.360 e. The van der Waals surface area contributed by atoms with Crippen molar-refractivity contribution in [2.45, 2.75) is 6.54 Å². The first-order valence-electron chi connectivity index (χ1n) is 6.43. The van der Waals surface area contributed by atoms with Gasteiger partial charge < -0.3 is 10.3 Å². The molecule has 0 saturated carbocycles. The lowest BCUT2D eigenvalue weighted by Crippen LogP contribution is -2.23. The molecular formula is C16H12BrFN2O. The van der Waals surface area contributed by atoms with E-state index in [1.807, 2.05) is 24.3 Å². The topological polar surface area (TPSA) is 44.9 Å². The van der Waals surface area contributed by atoms with E-state index in [-0.39, 0.29) is 18.3 Å². The molecule has 0 aliphatic carbocycles. The van der Waals surface area contributed by atoms with Crippen molar-refractivity contribution >= 4 is 32.7 Å². The second-order valence-electron chi connectivity index (χ2n) is 4.67. The molecule has 0 spiro atoms. The number of carbonyl (C=O) groups is 1. The second-order valence-corrected chi connectivity index (χ2v) is 5.58. The molecule has 3 rings (SSSR count). The van der Waals surface area contributed by atoms with E-state index in [2.05, 4.69) is 26.2 Å². The van der Waals surface area contributed by atoms with E-state index < -0.39 is 0 Å². The quantitative estimate of drug-likeness (QED) is 0.739. The van der Waals surface area contributed by atoms with Crippen LogP contribution in [-0.2, 0) is 6.54 Å². The lowest BCUT2D eigenvalue weighted by atomic mass is 10.1. The van der Waals surface area contributed by atoms with Crippen LogP contribution >= 0.6 is 15.9 Å². The Labute approximate surface area is 129 Å². The molecule has 2 N–H and O–H groups in total. The summed E-state index contributed by atoms with van der Waals surface area (Å²) in [5.41, 5.74) is 1.90. The summed E-state index contributed by atoms with van der Waals surface area (Å²) in [6.45, 7) is 0.142.